The second-order valence-electron chi connectivity index (χ2n) is 3.91. The summed E-state index contributed by atoms with van der Waals surface area (Å²) in [5.41, 5.74) is 2.88. The van der Waals surface area contributed by atoms with Crippen molar-refractivity contribution in [1.82, 2.24) is 4.98 Å². The van der Waals surface area contributed by atoms with E-state index in [1.807, 2.05) is 12.1 Å². The molecule has 0 unspecified atom stereocenters. The van der Waals surface area contributed by atoms with Gasteiger partial charge in [0.2, 0.25) is 0 Å². The van der Waals surface area contributed by atoms with Crippen LogP contribution in [0.1, 0.15) is 21.5 Å². The number of aromatic nitrogens is 1. The van der Waals surface area contributed by atoms with Gasteiger partial charge in [-0.25, -0.2) is 4.79 Å². The summed E-state index contributed by atoms with van der Waals surface area (Å²) in [6.45, 7) is 1.75. The quantitative estimate of drug-likeness (QED) is 0.872. The minimum Gasteiger partial charge on any atom is -0.478 e. The third kappa shape index (κ3) is 2.20. The number of nitriles is 1. The first-order chi connectivity index (χ1) is 8.61. The molecule has 1 N–H and O–H groups in total. The van der Waals surface area contributed by atoms with Crippen LogP contribution >= 0.6 is 0 Å². The first-order valence-corrected chi connectivity index (χ1v) is 5.31. The molecule has 1 aromatic heterocycles. The van der Waals surface area contributed by atoms with Crippen LogP contribution in [0, 0.1) is 18.3 Å². The minimum atomic E-state index is -0.959. The third-order valence-corrected chi connectivity index (χ3v) is 2.67. The number of carboxylic acid groups (broad SMARTS) is 1. The first kappa shape index (κ1) is 11.8. The van der Waals surface area contributed by atoms with E-state index in [2.05, 4.69) is 4.98 Å². The number of hydrogen-bond acceptors (Lipinski definition) is 3. The Hall–Kier alpha value is -2.67. The molecule has 1 heterocycles. The van der Waals surface area contributed by atoms with Gasteiger partial charge in [0.15, 0.2) is 0 Å². The SMILES string of the molecule is Cc1ccc(-c2cncc(C#N)c2)cc1C(=O)O. The molecule has 0 fully saturated rings. The topological polar surface area (TPSA) is 74.0 Å². The summed E-state index contributed by atoms with van der Waals surface area (Å²) >= 11 is 0. The molecule has 0 spiro atoms. The number of hydrogen-bond donors (Lipinski definition) is 1. The van der Waals surface area contributed by atoms with Crippen molar-refractivity contribution in [3.8, 4) is 17.2 Å². The molecule has 0 amide bonds. The van der Waals surface area contributed by atoms with Gasteiger partial charge in [0, 0.05) is 18.0 Å². The molecule has 88 valence electrons. The molecule has 2 aromatic rings. The van der Waals surface area contributed by atoms with E-state index < -0.39 is 5.97 Å². The molecule has 0 bridgehead atoms. The van der Waals surface area contributed by atoms with Crippen molar-refractivity contribution in [3.63, 3.8) is 0 Å². The first-order valence-electron chi connectivity index (χ1n) is 5.31. The summed E-state index contributed by atoms with van der Waals surface area (Å²) in [6.07, 6.45) is 3.08. The fourth-order valence-corrected chi connectivity index (χ4v) is 1.69. The smallest absolute Gasteiger partial charge is 0.335 e. The molecule has 4 nitrogen and oxygen atoms in total. The zero-order chi connectivity index (χ0) is 13.1. The maximum absolute atomic E-state index is 11.1. The summed E-state index contributed by atoms with van der Waals surface area (Å²) in [7, 11) is 0. The molecule has 1 aromatic carbocycles. The van der Waals surface area contributed by atoms with Crippen molar-refractivity contribution in [2.24, 2.45) is 0 Å². The number of carboxylic acids is 1. The van der Waals surface area contributed by atoms with Gasteiger partial charge in [0.05, 0.1) is 11.1 Å². The summed E-state index contributed by atoms with van der Waals surface area (Å²) in [6, 6.07) is 8.85. The second kappa shape index (κ2) is 4.68. The highest BCUT2D eigenvalue weighted by Crippen LogP contribution is 2.22. The average molecular weight is 238 g/mol. The number of aromatic carboxylic acids is 1. The van der Waals surface area contributed by atoms with Crippen molar-refractivity contribution >= 4 is 5.97 Å². The van der Waals surface area contributed by atoms with Crippen LogP contribution in [0.4, 0.5) is 0 Å². The Bertz CT molecular complexity index is 657. The predicted molar refractivity (Wildman–Crippen MR) is 66.1 cm³/mol. The van der Waals surface area contributed by atoms with E-state index in [0.717, 1.165) is 11.1 Å². The molecular weight excluding hydrogens is 228 g/mol. The summed E-state index contributed by atoms with van der Waals surface area (Å²) in [4.78, 5) is 15.0. The molecule has 0 aliphatic rings. The maximum atomic E-state index is 11.1. The van der Waals surface area contributed by atoms with E-state index in [9.17, 15) is 4.79 Å². The van der Waals surface area contributed by atoms with Crippen LogP contribution in [0.3, 0.4) is 0 Å². The Morgan fingerprint density at radius 1 is 1.28 bits per heavy atom. The van der Waals surface area contributed by atoms with Crippen LogP contribution in [0.5, 0.6) is 0 Å². The molecule has 0 radical (unpaired) electrons. The molecule has 18 heavy (non-hydrogen) atoms. The molecule has 0 saturated heterocycles. The Kier molecular flexibility index (Phi) is 3.07. The lowest BCUT2D eigenvalue weighted by Gasteiger charge is -2.05. The minimum absolute atomic E-state index is 0.259. The largest absolute Gasteiger partial charge is 0.478 e. The van der Waals surface area contributed by atoms with Crippen molar-refractivity contribution in [2.75, 3.05) is 0 Å². The average Bonchev–Trinajstić information content (AvgIpc) is 2.39. The molecule has 0 aliphatic carbocycles. The normalized spacial score (nSPS) is 9.78. The zero-order valence-corrected chi connectivity index (χ0v) is 9.71. The Labute approximate surface area is 104 Å². The molecule has 2 rings (SSSR count). The van der Waals surface area contributed by atoms with Gasteiger partial charge in [0.1, 0.15) is 6.07 Å². The number of nitrogens with zero attached hydrogens (tertiary/aromatic N) is 2. The van der Waals surface area contributed by atoms with Crippen molar-refractivity contribution in [1.29, 1.82) is 5.26 Å². The highest BCUT2D eigenvalue weighted by Gasteiger charge is 2.09. The highest BCUT2D eigenvalue weighted by atomic mass is 16.4. The lowest BCUT2D eigenvalue weighted by molar-refractivity contribution is 0.0696. The number of benzene rings is 1. The van der Waals surface area contributed by atoms with Gasteiger partial charge in [0.25, 0.3) is 0 Å². The summed E-state index contributed by atoms with van der Waals surface area (Å²) < 4.78 is 0. The monoisotopic (exact) mass is 238 g/mol. The van der Waals surface area contributed by atoms with E-state index in [0.29, 0.717) is 11.1 Å². The highest BCUT2D eigenvalue weighted by molar-refractivity contribution is 5.91. The predicted octanol–water partition coefficient (Wildman–Crippen LogP) is 2.63. The van der Waals surface area contributed by atoms with Gasteiger partial charge >= 0.3 is 5.97 Å². The van der Waals surface area contributed by atoms with Gasteiger partial charge < -0.3 is 5.11 Å². The number of pyridine rings is 1. The van der Waals surface area contributed by atoms with Crippen LogP contribution in [-0.4, -0.2) is 16.1 Å². The van der Waals surface area contributed by atoms with Crippen LogP contribution in [0.15, 0.2) is 36.7 Å². The third-order valence-electron chi connectivity index (χ3n) is 2.67. The van der Waals surface area contributed by atoms with Crippen molar-refractivity contribution in [2.45, 2.75) is 6.92 Å². The van der Waals surface area contributed by atoms with Gasteiger partial charge in [-0.05, 0) is 30.2 Å². The maximum Gasteiger partial charge on any atom is 0.335 e. The van der Waals surface area contributed by atoms with Crippen molar-refractivity contribution < 1.29 is 9.90 Å². The lowest BCUT2D eigenvalue weighted by atomic mass is 10.0. The molecule has 0 atom stereocenters. The number of rotatable bonds is 2. The molecule has 4 heteroatoms. The summed E-state index contributed by atoms with van der Waals surface area (Å²) in [5, 5.41) is 17.9. The molecule has 0 aliphatic heterocycles. The fraction of sp³-hybridized carbons (Fsp3) is 0.0714. The lowest BCUT2D eigenvalue weighted by Crippen LogP contribution is -1.99. The van der Waals surface area contributed by atoms with Crippen LogP contribution in [0.2, 0.25) is 0 Å². The van der Waals surface area contributed by atoms with E-state index in [4.69, 9.17) is 10.4 Å². The van der Waals surface area contributed by atoms with Crippen LogP contribution in [-0.2, 0) is 0 Å². The fourth-order valence-electron chi connectivity index (χ4n) is 1.69. The Morgan fingerprint density at radius 2 is 2.06 bits per heavy atom. The van der Waals surface area contributed by atoms with E-state index >= 15 is 0 Å². The summed E-state index contributed by atoms with van der Waals surface area (Å²) in [5.74, 6) is -0.959. The van der Waals surface area contributed by atoms with E-state index in [1.54, 1.807) is 31.3 Å². The standard InChI is InChI=1S/C14H10N2O2/c1-9-2-3-11(5-13(9)14(17)18)12-4-10(6-15)7-16-8-12/h2-5,7-8H,1H3,(H,17,18). The Balaban J connectivity index is 2.54. The number of carbonyl (C=O) groups is 1. The second-order valence-corrected chi connectivity index (χ2v) is 3.91. The molecular formula is C14H10N2O2. The van der Waals surface area contributed by atoms with E-state index in [1.165, 1.54) is 6.20 Å². The van der Waals surface area contributed by atoms with Gasteiger partial charge in [-0.2, -0.15) is 5.26 Å². The Morgan fingerprint density at radius 3 is 2.72 bits per heavy atom. The van der Waals surface area contributed by atoms with Gasteiger partial charge in [-0.15, -0.1) is 0 Å². The van der Waals surface area contributed by atoms with Crippen molar-refractivity contribution in [3.05, 3.63) is 53.3 Å². The van der Waals surface area contributed by atoms with E-state index in [-0.39, 0.29) is 5.56 Å². The van der Waals surface area contributed by atoms with Crippen LogP contribution in [0.25, 0.3) is 11.1 Å². The van der Waals surface area contributed by atoms with Crippen LogP contribution < -0.4 is 0 Å². The molecule has 0 saturated carbocycles. The number of aryl methyl sites for hydroxylation is 1. The van der Waals surface area contributed by atoms with Gasteiger partial charge in [-0.3, -0.25) is 4.98 Å². The zero-order valence-electron chi connectivity index (χ0n) is 9.71. The van der Waals surface area contributed by atoms with Gasteiger partial charge in [-0.1, -0.05) is 12.1 Å².